The summed E-state index contributed by atoms with van der Waals surface area (Å²) in [5, 5.41) is 23.1. The lowest BCUT2D eigenvalue weighted by atomic mass is 10.0. The van der Waals surface area contributed by atoms with Crippen molar-refractivity contribution in [2.45, 2.75) is 366 Å². The number of rotatable bonds is 61. The van der Waals surface area contributed by atoms with Gasteiger partial charge in [-0.2, -0.15) is 0 Å². The third-order valence-corrected chi connectivity index (χ3v) is 15.1. The zero-order chi connectivity index (χ0) is 52.9. The van der Waals surface area contributed by atoms with Crippen LogP contribution in [0, 0.1) is 0 Å². The Balaban J connectivity index is 3.40. The van der Waals surface area contributed by atoms with E-state index in [1.807, 2.05) is 6.08 Å². The van der Waals surface area contributed by atoms with Gasteiger partial charge in [-0.3, -0.25) is 9.59 Å². The van der Waals surface area contributed by atoms with E-state index >= 15 is 0 Å². The molecule has 2 unspecified atom stereocenters. The van der Waals surface area contributed by atoms with Crippen LogP contribution >= 0.6 is 0 Å². The van der Waals surface area contributed by atoms with Crippen LogP contribution in [0.2, 0.25) is 0 Å². The first kappa shape index (κ1) is 71.1. The molecule has 0 saturated carbocycles. The second kappa shape index (κ2) is 62.6. The summed E-state index contributed by atoms with van der Waals surface area (Å²) < 4.78 is 5.50. The van der Waals surface area contributed by atoms with Gasteiger partial charge in [-0.15, -0.1) is 0 Å². The summed E-state index contributed by atoms with van der Waals surface area (Å²) >= 11 is 0. The van der Waals surface area contributed by atoms with Crippen LogP contribution in [0.5, 0.6) is 0 Å². The number of allylic oxidation sites excluding steroid dienone is 5. The number of unbranched alkanes of at least 4 members (excludes halogenated alkanes) is 46. The molecule has 0 spiro atoms. The molecule has 0 saturated heterocycles. The highest BCUT2D eigenvalue weighted by atomic mass is 16.5. The fourth-order valence-electron chi connectivity index (χ4n) is 10.1. The second-order valence-corrected chi connectivity index (χ2v) is 22.4. The summed E-state index contributed by atoms with van der Waals surface area (Å²) in [6, 6.07) is -0.630. The molecule has 2 atom stereocenters. The summed E-state index contributed by atoms with van der Waals surface area (Å²) in [4.78, 5) is 24.5. The van der Waals surface area contributed by atoms with Gasteiger partial charge in [0.05, 0.1) is 25.4 Å². The third-order valence-electron chi connectivity index (χ3n) is 15.1. The average Bonchev–Trinajstić information content (AvgIpc) is 3.39. The predicted molar refractivity (Wildman–Crippen MR) is 319 cm³/mol. The number of amides is 1. The Hall–Kier alpha value is -1.92. The minimum Gasteiger partial charge on any atom is -0.466 e. The molecule has 0 aliphatic rings. The topological polar surface area (TPSA) is 95.9 Å². The van der Waals surface area contributed by atoms with Crippen LogP contribution in [0.3, 0.4) is 0 Å². The SMILES string of the molecule is CCCCCCCC/C=C\CCCCCCCCCC(=O)OCCCCCCCCCCCCCC/C=C\CCCCCCCCCCCC(=O)NC(CO)C(O)/C=C/CCCCCCCCCCCCCC. The van der Waals surface area contributed by atoms with Gasteiger partial charge in [-0.05, 0) is 83.5 Å². The Labute approximate surface area is 455 Å². The molecule has 0 radical (unpaired) electrons. The normalized spacial score (nSPS) is 12.8. The van der Waals surface area contributed by atoms with E-state index in [4.69, 9.17) is 4.74 Å². The van der Waals surface area contributed by atoms with Crippen molar-refractivity contribution >= 4 is 11.9 Å². The van der Waals surface area contributed by atoms with Crippen LogP contribution < -0.4 is 5.32 Å². The smallest absolute Gasteiger partial charge is 0.305 e. The van der Waals surface area contributed by atoms with Gasteiger partial charge < -0.3 is 20.3 Å². The highest BCUT2D eigenvalue weighted by Gasteiger charge is 2.18. The molecule has 430 valence electrons. The van der Waals surface area contributed by atoms with Crippen molar-refractivity contribution in [2.24, 2.45) is 0 Å². The highest BCUT2D eigenvalue weighted by molar-refractivity contribution is 5.76. The van der Waals surface area contributed by atoms with Crippen molar-refractivity contribution in [3.05, 3.63) is 36.5 Å². The van der Waals surface area contributed by atoms with Gasteiger partial charge in [-0.1, -0.05) is 294 Å². The Morgan fingerprint density at radius 3 is 0.973 bits per heavy atom. The van der Waals surface area contributed by atoms with Gasteiger partial charge in [0.1, 0.15) is 0 Å². The zero-order valence-corrected chi connectivity index (χ0v) is 49.1. The lowest BCUT2D eigenvalue weighted by molar-refractivity contribution is -0.143. The fourth-order valence-corrected chi connectivity index (χ4v) is 10.1. The van der Waals surface area contributed by atoms with Crippen molar-refractivity contribution in [1.29, 1.82) is 0 Å². The number of aliphatic hydroxyl groups is 2. The second-order valence-electron chi connectivity index (χ2n) is 22.4. The van der Waals surface area contributed by atoms with Crippen molar-refractivity contribution < 1.29 is 24.5 Å². The van der Waals surface area contributed by atoms with Gasteiger partial charge in [0, 0.05) is 12.8 Å². The van der Waals surface area contributed by atoms with E-state index in [1.54, 1.807) is 6.08 Å². The van der Waals surface area contributed by atoms with Crippen molar-refractivity contribution in [3.8, 4) is 0 Å². The Bertz CT molecular complexity index is 1180. The van der Waals surface area contributed by atoms with Crippen molar-refractivity contribution in [2.75, 3.05) is 13.2 Å². The van der Waals surface area contributed by atoms with Crippen LogP contribution in [0.4, 0.5) is 0 Å². The number of ether oxygens (including phenoxy) is 1. The molecule has 0 aromatic heterocycles. The Morgan fingerprint density at radius 1 is 0.370 bits per heavy atom. The molecule has 0 heterocycles. The van der Waals surface area contributed by atoms with E-state index < -0.39 is 12.1 Å². The first-order valence-electron chi connectivity index (χ1n) is 32.8. The number of carbonyl (C=O) groups is 2. The minimum absolute atomic E-state index is 0.00984. The van der Waals surface area contributed by atoms with Crippen molar-refractivity contribution in [3.63, 3.8) is 0 Å². The molecule has 0 aliphatic heterocycles. The van der Waals surface area contributed by atoms with Crippen LogP contribution in [0.15, 0.2) is 36.5 Å². The standard InChI is InChI=1S/C67H127NO5/c1-3-5-7-9-11-13-15-17-19-29-33-37-41-45-49-53-57-61-67(72)73-62-58-54-50-46-42-38-34-31-28-26-24-22-20-21-23-25-27-30-32-36-40-44-48-52-56-60-66(71)68-64(63-69)65(70)59-55-51-47-43-39-35-18-16-14-12-10-8-6-4-2/h17,19,21,23,55,59,64-65,69-70H,3-16,18,20,22,24-54,56-58,60-63H2,1-2H3,(H,68,71)/b19-17-,23-21-,59-55+. The van der Waals surface area contributed by atoms with Crippen LogP contribution in [0.25, 0.3) is 0 Å². The average molecular weight is 1030 g/mol. The third kappa shape index (κ3) is 59.2. The monoisotopic (exact) mass is 1030 g/mol. The quantitative estimate of drug-likeness (QED) is 0.0320. The number of esters is 1. The summed E-state index contributed by atoms with van der Waals surface area (Å²) in [6.07, 6.45) is 79.1. The van der Waals surface area contributed by atoms with Gasteiger partial charge in [0.25, 0.3) is 0 Å². The van der Waals surface area contributed by atoms with Crippen LogP contribution in [-0.4, -0.2) is 47.4 Å². The Morgan fingerprint density at radius 2 is 0.644 bits per heavy atom. The molecular weight excluding hydrogens is 899 g/mol. The molecule has 0 aromatic carbocycles. The summed E-state index contributed by atoms with van der Waals surface area (Å²) in [6.45, 7) is 4.91. The van der Waals surface area contributed by atoms with E-state index in [0.717, 1.165) is 44.9 Å². The molecule has 73 heavy (non-hydrogen) atoms. The van der Waals surface area contributed by atoms with E-state index in [9.17, 15) is 19.8 Å². The molecule has 6 heteroatoms. The number of aliphatic hydroxyl groups excluding tert-OH is 2. The lowest BCUT2D eigenvalue weighted by Crippen LogP contribution is -2.45. The predicted octanol–water partition coefficient (Wildman–Crippen LogP) is 20.8. The maximum absolute atomic E-state index is 12.5. The van der Waals surface area contributed by atoms with Crippen LogP contribution in [-0.2, 0) is 14.3 Å². The molecule has 0 fully saturated rings. The largest absolute Gasteiger partial charge is 0.466 e. The fraction of sp³-hybridized carbons (Fsp3) is 0.881. The summed E-state index contributed by atoms with van der Waals surface area (Å²) in [5.74, 6) is -0.0602. The first-order chi connectivity index (χ1) is 36.0. The maximum atomic E-state index is 12.5. The molecule has 0 bridgehead atoms. The molecule has 0 aromatic rings. The maximum Gasteiger partial charge on any atom is 0.305 e. The van der Waals surface area contributed by atoms with E-state index in [2.05, 4.69) is 43.5 Å². The molecule has 0 aliphatic carbocycles. The minimum atomic E-state index is -0.846. The van der Waals surface area contributed by atoms with Crippen LogP contribution in [0.1, 0.15) is 354 Å². The highest BCUT2D eigenvalue weighted by Crippen LogP contribution is 2.17. The number of carbonyl (C=O) groups excluding carboxylic acids is 2. The van der Waals surface area contributed by atoms with Gasteiger partial charge in [-0.25, -0.2) is 0 Å². The van der Waals surface area contributed by atoms with Gasteiger partial charge in [0.2, 0.25) is 5.91 Å². The van der Waals surface area contributed by atoms with E-state index in [-0.39, 0.29) is 18.5 Å². The van der Waals surface area contributed by atoms with E-state index in [1.165, 1.54) is 283 Å². The molecule has 0 rings (SSSR count). The molecule has 3 N–H and O–H groups in total. The number of hydrogen-bond donors (Lipinski definition) is 3. The van der Waals surface area contributed by atoms with E-state index in [0.29, 0.717) is 19.4 Å². The molecular formula is C67H127NO5. The summed E-state index contributed by atoms with van der Waals surface area (Å²) in [7, 11) is 0. The first-order valence-corrected chi connectivity index (χ1v) is 32.8. The summed E-state index contributed by atoms with van der Waals surface area (Å²) in [5.41, 5.74) is 0. The zero-order valence-electron chi connectivity index (χ0n) is 49.1. The molecule has 1 amide bonds. The number of hydrogen-bond acceptors (Lipinski definition) is 5. The Kier molecular flexibility index (Phi) is 61.0. The number of nitrogens with one attached hydrogen (secondary N) is 1. The lowest BCUT2D eigenvalue weighted by Gasteiger charge is -2.20. The van der Waals surface area contributed by atoms with Gasteiger partial charge in [0.15, 0.2) is 0 Å². The van der Waals surface area contributed by atoms with Crippen molar-refractivity contribution in [1.82, 2.24) is 5.32 Å². The van der Waals surface area contributed by atoms with Gasteiger partial charge >= 0.3 is 5.97 Å². The molecule has 6 nitrogen and oxygen atoms in total.